The minimum absolute atomic E-state index is 0.0459. The van der Waals surface area contributed by atoms with Gasteiger partial charge in [-0.05, 0) is 12.1 Å². The van der Waals surface area contributed by atoms with E-state index in [9.17, 15) is 13.2 Å². The minimum Gasteiger partial charge on any atom is -0.451 e. The predicted octanol–water partition coefficient (Wildman–Crippen LogP) is 1.78. The van der Waals surface area contributed by atoms with Crippen LogP contribution in [0, 0.1) is 0 Å². The van der Waals surface area contributed by atoms with Gasteiger partial charge >= 0.3 is 0 Å². The smallest absolute Gasteiger partial charge is 0.290 e. The largest absolute Gasteiger partial charge is 0.451 e. The lowest BCUT2D eigenvalue weighted by Crippen LogP contribution is -2.46. The maximum atomic E-state index is 13.0. The number of hydrogen-bond donors (Lipinski definition) is 0. The number of sulfone groups is 1. The number of carbonyl (C=O) groups is 1. The summed E-state index contributed by atoms with van der Waals surface area (Å²) in [5.74, 6) is -0.241. The van der Waals surface area contributed by atoms with Gasteiger partial charge < -0.3 is 9.32 Å². The van der Waals surface area contributed by atoms with E-state index in [0.29, 0.717) is 11.1 Å². The molecule has 1 amide bonds. The summed E-state index contributed by atoms with van der Waals surface area (Å²) in [4.78, 5) is 14.5. The quantitative estimate of drug-likeness (QED) is 0.696. The van der Waals surface area contributed by atoms with E-state index in [1.54, 1.807) is 41.2 Å². The Labute approximate surface area is 144 Å². The molecule has 0 saturated carbocycles. The molecule has 0 spiro atoms. The van der Waals surface area contributed by atoms with E-state index in [-0.39, 0.29) is 29.7 Å². The lowest BCUT2D eigenvalue weighted by molar-refractivity contribution is 0.0667. The number of amides is 1. The molecule has 3 aromatic rings. The molecule has 1 atom stereocenters. The molecule has 0 aliphatic carbocycles. The highest BCUT2D eigenvalue weighted by atomic mass is 32.2. The second-order valence-corrected chi connectivity index (χ2v) is 8.45. The molecular weight excluding hydrogens is 342 g/mol. The van der Waals surface area contributed by atoms with Crippen LogP contribution in [0.1, 0.15) is 22.2 Å². The van der Waals surface area contributed by atoms with Crippen molar-refractivity contribution in [3.05, 3.63) is 54.0 Å². The van der Waals surface area contributed by atoms with Crippen molar-refractivity contribution >= 4 is 26.7 Å². The molecule has 25 heavy (non-hydrogen) atoms. The number of furan rings is 1. The Hall–Kier alpha value is -2.61. The van der Waals surface area contributed by atoms with Crippen molar-refractivity contribution in [3.8, 4) is 0 Å². The number of aromatic nitrogens is 2. The van der Waals surface area contributed by atoms with Gasteiger partial charge in [0.2, 0.25) is 0 Å². The van der Waals surface area contributed by atoms with Crippen LogP contribution in [0.25, 0.3) is 11.0 Å². The van der Waals surface area contributed by atoms with Crippen molar-refractivity contribution in [2.45, 2.75) is 6.04 Å². The van der Waals surface area contributed by atoms with Crippen LogP contribution in [0.4, 0.5) is 0 Å². The summed E-state index contributed by atoms with van der Waals surface area (Å²) in [5, 5.41) is 4.94. The van der Waals surface area contributed by atoms with Crippen molar-refractivity contribution in [1.82, 2.24) is 14.7 Å². The van der Waals surface area contributed by atoms with Gasteiger partial charge in [0.05, 0.1) is 23.7 Å². The third-order valence-electron chi connectivity index (χ3n) is 4.44. The number of aryl methyl sites for hydroxylation is 1. The van der Waals surface area contributed by atoms with Gasteiger partial charge in [-0.25, -0.2) is 8.42 Å². The normalized spacial score (nSPS) is 20.0. The molecule has 1 aliphatic heterocycles. The van der Waals surface area contributed by atoms with E-state index in [0.717, 1.165) is 5.39 Å². The SMILES string of the molecule is Cn1cc([C@@H]2CS(=O)(=O)CCN2C(=O)c2cc3ccccc3o2)cn1. The van der Waals surface area contributed by atoms with Gasteiger partial charge in [0.15, 0.2) is 15.6 Å². The van der Waals surface area contributed by atoms with Crippen LogP contribution in [0.2, 0.25) is 0 Å². The van der Waals surface area contributed by atoms with Crippen molar-refractivity contribution < 1.29 is 17.6 Å². The Morgan fingerprint density at radius 1 is 1.32 bits per heavy atom. The number of para-hydroxylation sites is 1. The Kier molecular flexibility index (Phi) is 3.64. The average molecular weight is 359 g/mol. The molecule has 0 N–H and O–H groups in total. The van der Waals surface area contributed by atoms with Gasteiger partial charge in [0, 0.05) is 30.7 Å². The summed E-state index contributed by atoms with van der Waals surface area (Å²) >= 11 is 0. The van der Waals surface area contributed by atoms with E-state index in [1.807, 2.05) is 18.2 Å². The summed E-state index contributed by atoms with van der Waals surface area (Å²) in [6, 6.07) is 8.51. The number of carbonyl (C=O) groups excluding carboxylic acids is 1. The highest BCUT2D eigenvalue weighted by Gasteiger charge is 2.37. The Morgan fingerprint density at radius 3 is 2.84 bits per heavy atom. The standard InChI is InChI=1S/C17H17N3O4S/c1-19-10-13(9-18-19)14-11-25(22,23)7-6-20(14)17(21)16-8-12-4-2-3-5-15(12)24-16/h2-5,8-10,14H,6-7,11H2,1H3/t14-/m0/s1. The first-order chi connectivity index (χ1) is 11.9. The molecule has 4 rings (SSSR count). The fourth-order valence-electron chi connectivity index (χ4n) is 3.17. The summed E-state index contributed by atoms with van der Waals surface area (Å²) in [6.45, 7) is 0.137. The maximum absolute atomic E-state index is 13.0. The number of hydrogen-bond acceptors (Lipinski definition) is 5. The maximum Gasteiger partial charge on any atom is 0.290 e. The highest BCUT2D eigenvalue weighted by Crippen LogP contribution is 2.29. The molecule has 0 radical (unpaired) electrons. The van der Waals surface area contributed by atoms with Crippen LogP contribution in [0.5, 0.6) is 0 Å². The summed E-state index contributed by atoms with van der Waals surface area (Å²) in [7, 11) is -1.45. The fourth-order valence-corrected chi connectivity index (χ4v) is 4.66. The molecule has 3 heterocycles. The Morgan fingerprint density at radius 2 is 2.12 bits per heavy atom. The highest BCUT2D eigenvalue weighted by molar-refractivity contribution is 7.91. The molecule has 130 valence electrons. The van der Waals surface area contributed by atoms with Crippen LogP contribution in [-0.4, -0.2) is 47.1 Å². The van der Waals surface area contributed by atoms with Crippen molar-refractivity contribution in [3.63, 3.8) is 0 Å². The predicted molar refractivity (Wildman–Crippen MR) is 91.9 cm³/mol. The lowest BCUT2D eigenvalue weighted by Gasteiger charge is -2.34. The van der Waals surface area contributed by atoms with Crippen LogP contribution < -0.4 is 0 Å². The summed E-state index contributed by atoms with van der Waals surface area (Å²) in [6.07, 6.45) is 3.34. The number of rotatable bonds is 2. The average Bonchev–Trinajstić information content (AvgIpc) is 3.19. The summed E-state index contributed by atoms with van der Waals surface area (Å²) < 4.78 is 31.5. The third kappa shape index (κ3) is 2.93. The summed E-state index contributed by atoms with van der Waals surface area (Å²) in [5.41, 5.74) is 1.34. The van der Waals surface area contributed by atoms with Crippen LogP contribution in [0.3, 0.4) is 0 Å². The first kappa shape index (κ1) is 15.9. The van der Waals surface area contributed by atoms with Gasteiger partial charge in [-0.1, -0.05) is 18.2 Å². The van der Waals surface area contributed by atoms with Crippen LogP contribution in [0.15, 0.2) is 47.1 Å². The fraction of sp³-hybridized carbons (Fsp3) is 0.294. The van der Waals surface area contributed by atoms with Gasteiger partial charge in [0.1, 0.15) is 5.58 Å². The molecule has 0 bridgehead atoms. The van der Waals surface area contributed by atoms with Crippen molar-refractivity contribution in [2.24, 2.45) is 7.05 Å². The molecule has 8 heteroatoms. The zero-order chi connectivity index (χ0) is 17.6. The van der Waals surface area contributed by atoms with E-state index >= 15 is 0 Å². The zero-order valence-electron chi connectivity index (χ0n) is 13.6. The van der Waals surface area contributed by atoms with E-state index in [1.165, 1.54) is 0 Å². The second-order valence-electron chi connectivity index (χ2n) is 6.22. The monoisotopic (exact) mass is 359 g/mol. The minimum atomic E-state index is -3.21. The van der Waals surface area contributed by atoms with Crippen LogP contribution in [-0.2, 0) is 16.9 Å². The molecule has 1 aromatic carbocycles. The first-order valence-corrected chi connectivity index (χ1v) is 9.74. The molecular formula is C17H17N3O4S. The van der Waals surface area contributed by atoms with Gasteiger partial charge in [-0.2, -0.15) is 5.10 Å². The molecule has 0 unspecified atom stereocenters. The molecule has 1 aliphatic rings. The van der Waals surface area contributed by atoms with Crippen molar-refractivity contribution in [2.75, 3.05) is 18.1 Å². The lowest BCUT2D eigenvalue weighted by atomic mass is 10.1. The third-order valence-corrected chi connectivity index (χ3v) is 6.07. The topological polar surface area (TPSA) is 85.4 Å². The van der Waals surface area contributed by atoms with E-state index < -0.39 is 15.9 Å². The van der Waals surface area contributed by atoms with Gasteiger partial charge in [-0.15, -0.1) is 0 Å². The number of benzene rings is 1. The van der Waals surface area contributed by atoms with Crippen LogP contribution >= 0.6 is 0 Å². The van der Waals surface area contributed by atoms with Crippen molar-refractivity contribution in [1.29, 1.82) is 0 Å². The molecule has 2 aromatic heterocycles. The van der Waals surface area contributed by atoms with E-state index in [4.69, 9.17) is 4.42 Å². The van der Waals surface area contributed by atoms with Gasteiger partial charge in [-0.3, -0.25) is 9.48 Å². The van der Waals surface area contributed by atoms with Gasteiger partial charge in [0.25, 0.3) is 5.91 Å². The molecule has 1 saturated heterocycles. The Balaban J connectivity index is 1.71. The Bertz CT molecular complexity index is 1020. The number of fused-ring (bicyclic) bond motifs is 1. The molecule has 7 nitrogen and oxygen atoms in total. The zero-order valence-corrected chi connectivity index (χ0v) is 14.4. The van der Waals surface area contributed by atoms with E-state index in [2.05, 4.69) is 5.10 Å². The first-order valence-electron chi connectivity index (χ1n) is 7.91. The second kappa shape index (κ2) is 5.73. The number of nitrogens with zero attached hydrogens (tertiary/aromatic N) is 3. The molecule has 1 fully saturated rings.